The van der Waals surface area contributed by atoms with E-state index in [1.807, 2.05) is 0 Å². The van der Waals surface area contributed by atoms with Crippen LogP contribution in [0.15, 0.2) is 0 Å². The van der Waals surface area contributed by atoms with Crippen LogP contribution in [-0.2, 0) is 18.8 Å². The zero-order valence-electron chi connectivity index (χ0n) is 18.6. The lowest BCUT2D eigenvalue weighted by atomic mass is 9.43. The van der Waals surface area contributed by atoms with E-state index in [-0.39, 0.29) is 30.7 Å². The molecule has 0 aromatic heterocycles. The summed E-state index contributed by atoms with van der Waals surface area (Å²) < 4.78 is 17.9. The number of ether oxygens (including phenoxy) is 1. The Labute approximate surface area is 178 Å². The Morgan fingerprint density at radius 2 is 2.03 bits per heavy atom. The summed E-state index contributed by atoms with van der Waals surface area (Å²) in [6, 6.07) is 0. The van der Waals surface area contributed by atoms with Crippen molar-refractivity contribution in [2.75, 3.05) is 13.7 Å². The molecule has 6 aliphatic rings. The first-order valence-electron chi connectivity index (χ1n) is 11.6. The van der Waals surface area contributed by atoms with Crippen LogP contribution in [0.5, 0.6) is 0 Å². The number of hydrogen-bond donors (Lipinski definition) is 1. The number of likely N-dealkylation sites (tertiary alicyclic amines) is 1. The molecule has 30 heavy (non-hydrogen) atoms. The van der Waals surface area contributed by atoms with Gasteiger partial charge in [-0.3, -0.25) is 4.90 Å². The molecule has 1 N–H and O–H groups in total. The maximum Gasteiger partial charge on any atom is 0.457 e. The van der Waals surface area contributed by atoms with Crippen molar-refractivity contribution in [3.8, 4) is 0 Å². The first kappa shape index (κ1) is 20.6. The quantitative estimate of drug-likeness (QED) is 0.543. The standard InChI is InChI=1S/C22H34BNO6/c1-20(2)14-10-16(20)21(3)17(11-14)29-23(30-21)9-5-6-15-13-7-8-22(15,18(25)28-4)24(12-13)19(26)27/h13-17H,5-12H2,1-4H3,(H,26,27)/t13?,14-,15?,16-,17+,21-,22+/m0/s1. The lowest BCUT2D eigenvalue weighted by Gasteiger charge is -2.64. The van der Waals surface area contributed by atoms with E-state index in [1.54, 1.807) is 0 Å². The summed E-state index contributed by atoms with van der Waals surface area (Å²) in [7, 11) is 1.16. The molecule has 2 saturated heterocycles. The molecule has 2 heterocycles. The highest BCUT2D eigenvalue weighted by Gasteiger charge is 2.68. The average Bonchev–Trinajstić information content (AvgIpc) is 3.33. The summed E-state index contributed by atoms with van der Waals surface area (Å²) in [5.41, 5.74) is -0.865. The van der Waals surface area contributed by atoms with Gasteiger partial charge in [0.1, 0.15) is 5.54 Å². The predicted molar refractivity (Wildman–Crippen MR) is 110 cm³/mol. The minimum Gasteiger partial charge on any atom is -0.467 e. The van der Waals surface area contributed by atoms with Gasteiger partial charge in [-0.1, -0.05) is 20.3 Å². The van der Waals surface area contributed by atoms with Crippen molar-refractivity contribution in [2.24, 2.45) is 29.1 Å². The van der Waals surface area contributed by atoms with Crippen molar-refractivity contribution in [2.45, 2.75) is 82.9 Å². The van der Waals surface area contributed by atoms with E-state index in [1.165, 1.54) is 18.4 Å². The number of methoxy groups -OCH3 is 1. The van der Waals surface area contributed by atoms with Crippen molar-refractivity contribution in [1.82, 2.24) is 4.90 Å². The van der Waals surface area contributed by atoms with Crippen LogP contribution in [0.25, 0.3) is 0 Å². The van der Waals surface area contributed by atoms with E-state index in [4.69, 9.17) is 14.0 Å². The number of esters is 1. The Morgan fingerprint density at radius 3 is 2.70 bits per heavy atom. The van der Waals surface area contributed by atoms with Gasteiger partial charge in [-0.2, -0.15) is 0 Å². The van der Waals surface area contributed by atoms with Crippen LogP contribution in [0.2, 0.25) is 6.32 Å². The second-order valence-electron chi connectivity index (χ2n) is 11.0. The fourth-order valence-corrected chi connectivity index (χ4v) is 7.98. The number of carboxylic acid groups (broad SMARTS) is 1. The highest BCUT2D eigenvalue weighted by molar-refractivity contribution is 6.45. The second kappa shape index (κ2) is 6.61. The second-order valence-corrected chi connectivity index (χ2v) is 11.0. The van der Waals surface area contributed by atoms with Crippen LogP contribution in [0.3, 0.4) is 0 Å². The molecular formula is C22H34BNO6. The van der Waals surface area contributed by atoms with Crippen LogP contribution < -0.4 is 0 Å². The average molecular weight is 419 g/mol. The van der Waals surface area contributed by atoms with Crippen molar-refractivity contribution in [3.63, 3.8) is 0 Å². The maximum absolute atomic E-state index is 12.7. The molecule has 6 fully saturated rings. The van der Waals surface area contributed by atoms with Crippen LogP contribution in [0.1, 0.15) is 59.3 Å². The number of nitrogens with zero attached hydrogens (tertiary/aromatic N) is 1. The Balaban J connectivity index is 1.23. The first-order valence-corrected chi connectivity index (χ1v) is 11.6. The van der Waals surface area contributed by atoms with Gasteiger partial charge in [0, 0.05) is 6.54 Å². The van der Waals surface area contributed by atoms with Gasteiger partial charge in [0.15, 0.2) is 0 Å². The molecule has 1 amide bonds. The monoisotopic (exact) mass is 419 g/mol. The number of carbonyl (C=O) groups excluding carboxylic acids is 1. The minimum absolute atomic E-state index is 0.0204. The van der Waals surface area contributed by atoms with E-state index >= 15 is 0 Å². The molecule has 4 saturated carbocycles. The number of rotatable bonds is 5. The van der Waals surface area contributed by atoms with Crippen LogP contribution in [-0.4, -0.2) is 60.1 Å². The summed E-state index contributed by atoms with van der Waals surface area (Å²) in [5, 5.41) is 9.66. The Hall–Kier alpha value is -1.28. The topological polar surface area (TPSA) is 85.3 Å². The number of carbonyl (C=O) groups is 2. The molecule has 7 nitrogen and oxygen atoms in total. The number of hydrogen-bond acceptors (Lipinski definition) is 5. The number of amides is 1. The largest absolute Gasteiger partial charge is 0.467 e. The summed E-state index contributed by atoms with van der Waals surface area (Å²) in [6.07, 6.45) is 5.39. The summed E-state index contributed by atoms with van der Waals surface area (Å²) >= 11 is 0. The third-order valence-electron chi connectivity index (χ3n) is 9.70. The highest BCUT2D eigenvalue weighted by Crippen LogP contribution is 2.66. The molecule has 4 bridgehead atoms. The number of piperidine rings is 1. The van der Waals surface area contributed by atoms with E-state index in [0.717, 1.165) is 37.9 Å². The SMILES string of the molecule is COC(=O)[C@]12CCC(CN1C(=O)O)C2CCCB1O[C@@H]2C[C@@H]3C[C@@H](C3(C)C)[C@]2(C)O1. The molecule has 6 rings (SSSR count). The van der Waals surface area contributed by atoms with Gasteiger partial charge in [0.25, 0.3) is 0 Å². The van der Waals surface area contributed by atoms with E-state index in [0.29, 0.717) is 24.3 Å². The first-order chi connectivity index (χ1) is 14.1. The van der Waals surface area contributed by atoms with Crippen LogP contribution in [0, 0.1) is 29.1 Å². The van der Waals surface area contributed by atoms with E-state index < -0.39 is 17.6 Å². The molecule has 2 unspecified atom stereocenters. The smallest absolute Gasteiger partial charge is 0.457 e. The molecule has 4 aliphatic carbocycles. The summed E-state index contributed by atoms with van der Waals surface area (Å²) in [4.78, 5) is 25.8. The van der Waals surface area contributed by atoms with Gasteiger partial charge in [-0.25, -0.2) is 9.59 Å². The van der Waals surface area contributed by atoms with Gasteiger partial charge < -0.3 is 19.2 Å². The fourth-order valence-electron chi connectivity index (χ4n) is 7.98. The molecular weight excluding hydrogens is 385 g/mol. The zero-order valence-corrected chi connectivity index (χ0v) is 18.6. The lowest BCUT2D eigenvalue weighted by molar-refractivity contribution is -0.199. The van der Waals surface area contributed by atoms with Crippen molar-refractivity contribution < 1.29 is 28.7 Å². The molecule has 0 aromatic carbocycles. The fraction of sp³-hybridized carbons (Fsp3) is 0.909. The van der Waals surface area contributed by atoms with Gasteiger partial charge >= 0.3 is 19.2 Å². The molecule has 0 aromatic rings. The predicted octanol–water partition coefficient (Wildman–Crippen LogP) is 3.43. The maximum atomic E-state index is 12.7. The molecule has 8 heteroatoms. The third kappa shape index (κ3) is 2.52. The Kier molecular flexibility index (Phi) is 4.54. The van der Waals surface area contributed by atoms with Crippen molar-refractivity contribution >= 4 is 19.2 Å². The highest BCUT2D eigenvalue weighted by atomic mass is 16.7. The summed E-state index contributed by atoms with van der Waals surface area (Å²) in [5.74, 6) is 1.14. The minimum atomic E-state index is -1.02. The Morgan fingerprint density at radius 1 is 1.27 bits per heavy atom. The van der Waals surface area contributed by atoms with E-state index in [2.05, 4.69) is 20.8 Å². The molecule has 166 valence electrons. The van der Waals surface area contributed by atoms with Crippen LogP contribution >= 0.6 is 0 Å². The Bertz CT molecular complexity index is 760. The molecule has 7 atom stereocenters. The zero-order chi connectivity index (χ0) is 21.5. The molecule has 2 aliphatic heterocycles. The molecule has 0 radical (unpaired) electrons. The lowest BCUT2D eigenvalue weighted by Crippen LogP contribution is -2.65. The van der Waals surface area contributed by atoms with Crippen molar-refractivity contribution in [1.29, 1.82) is 0 Å². The van der Waals surface area contributed by atoms with Gasteiger partial charge in [-0.05, 0) is 74.4 Å². The normalized spacial score (nSPS) is 45.3. The van der Waals surface area contributed by atoms with Gasteiger partial charge in [-0.15, -0.1) is 0 Å². The van der Waals surface area contributed by atoms with Gasteiger partial charge in [0.05, 0.1) is 18.8 Å². The van der Waals surface area contributed by atoms with E-state index in [9.17, 15) is 14.7 Å². The van der Waals surface area contributed by atoms with Crippen LogP contribution in [0.4, 0.5) is 4.79 Å². The number of fused-ring (bicyclic) bond motifs is 2. The van der Waals surface area contributed by atoms with Gasteiger partial charge in [0.2, 0.25) is 0 Å². The summed E-state index contributed by atoms with van der Waals surface area (Å²) in [6.45, 7) is 7.39. The van der Waals surface area contributed by atoms with Crippen molar-refractivity contribution in [3.05, 3.63) is 0 Å². The third-order valence-corrected chi connectivity index (χ3v) is 9.70. The molecule has 0 spiro atoms.